The highest BCUT2D eigenvalue weighted by atomic mass is 16.6. The van der Waals surface area contributed by atoms with Gasteiger partial charge < -0.3 is 9.84 Å². The van der Waals surface area contributed by atoms with Crippen molar-refractivity contribution in [1.82, 2.24) is 0 Å². The number of hydrogen-bond acceptors (Lipinski definition) is 2. The van der Waals surface area contributed by atoms with Gasteiger partial charge in [-0.1, -0.05) is 13.8 Å². The van der Waals surface area contributed by atoms with E-state index < -0.39 is 6.29 Å². The van der Waals surface area contributed by atoms with Crippen LogP contribution in [0.4, 0.5) is 0 Å². The first-order valence-corrected chi connectivity index (χ1v) is 4.94. The van der Waals surface area contributed by atoms with E-state index >= 15 is 0 Å². The SMILES string of the molecule is CC1CC2C(C)C(O)OC(C)C12. The van der Waals surface area contributed by atoms with Crippen LogP contribution < -0.4 is 0 Å². The Labute approximate surface area is 73.9 Å². The van der Waals surface area contributed by atoms with Gasteiger partial charge in [-0.25, -0.2) is 0 Å². The zero-order valence-corrected chi connectivity index (χ0v) is 8.03. The number of ether oxygens (including phenoxy) is 1. The quantitative estimate of drug-likeness (QED) is 0.598. The predicted octanol–water partition coefficient (Wildman–Crippen LogP) is 1.63. The van der Waals surface area contributed by atoms with Crippen molar-refractivity contribution in [3.63, 3.8) is 0 Å². The third-order valence-corrected chi connectivity index (χ3v) is 3.82. The van der Waals surface area contributed by atoms with Crippen LogP contribution in [0.1, 0.15) is 27.2 Å². The van der Waals surface area contributed by atoms with Crippen LogP contribution in [-0.2, 0) is 4.74 Å². The topological polar surface area (TPSA) is 29.5 Å². The summed E-state index contributed by atoms with van der Waals surface area (Å²) in [5.74, 6) is 2.53. The Hall–Kier alpha value is -0.0800. The highest BCUT2D eigenvalue weighted by Gasteiger charge is 2.50. The molecule has 0 radical (unpaired) electrons. The summed E-state index contributed by atoms with van der Waals surface area (Å²) < 4.78 is 5.46. The average molecular weight is 170 g/mol. The number of hydrogen-bond donors (Lipinski definition) is 1. The molecule has 1 N–H and O–H groups in total. The fourth-order valence-electron chi connectivity index (χ4n) is 2.99. The molecule has 1 aliphatic carbocycles. The molecule has 2 fully saturated rings. The Balaban J connectivity index is 2.09. The maximum Gasteiger partial charge on any atom is 0.157 e. The lowest BCUT2D eigenvalue weighted by Gasteiger charge is -2.54. The molecule has 0 aromatic carbocycles. The first-order chi connectivity index (χ1) is 5.61. The van der Waals surface area contributed by atoms with Gasteiger partial charge in [-0.2, -0.15) is 0 Å². The molecular formula is C10H18O2. The van der Waals surface area contributed by atoms with E-state index in [4.69, 9.17) is 4.74 Å². The molecule has 6 unspecified atom stereocenters. The molecule has 2 nitrogen and oxygen atoms in total. The van der Waals surface area contributed by atoms with E-state index in [2.05, 4.69) is 20.8 Å². The van der Waals surface area contributed by atoms with Crippen molar-refractivity contribution in [2.75, 3.05) is 0 Å². The molecule has 1 saturated carbocycles. The van der Waals surface area contributed by atoms with Crippen LogP contribution in [0, 0.1) is 23.7 Å². The van der Waals surface area contributed by atoms with Crippen molar-refractivity contribution in [1.29, 1.82) is 0 Å². The van der Waals surface area contributed by atoms with Crippen molar-refractivity contribution in [3.8, 4) is 0 Å². The van der Waals surface area contributed by atoms with Crippen LogP contribution in [0.15, 0.2) is 0 Å². The highest BCUT2D eigenvalue weighted by molar-refractivity contribution is 4.96. The largest absolute Gasteiger partial charge is 0.368 e. The summed E-state index contributed by atoms with van der Waals surface area (Å²) in [7, 11) is 0. The van der Waals surface area contributed by atoms with Crippen molar-refractivity contribution in [2.24, 2.45) is 23.7 Å². The van der Waals surface area contributed by atoms with E-state index in [9.17, 15) is 5.11 Å². The third kappa shape index (κ3) is 1.01. The number of fused-ring (bicyclic) bond motifs is 1. The fourth-order valence-corrected chi connectivity index (χ4v) is 2.99. The van der Waals surface area contributed by atoms with Gasteiger partial charge in [-0.15, -0.1) is 0 Å². The molecule has 1 saturated heterocycles. The Kier molecular flexibility index (Phi) is 1.92. The molecule has 70 valence electrons. The van der Waals surface area contributed by atoms with E-state index in [1.165, 1.54) is 6.42 Å². The van der Waals surface area contributed by atoms with E-state index in [1.54, 1.807) is 0 Å². The van der Waals surface area contributed by atoms with Crippen LogP contribution in [0.25, 0.3) is 0 Å². The lowest BCUT2D eigenvalue weighted by Crippen LogP contribution is -2.54. The van der Waals surface area contributed by atoms with Crippen molar-refractivity contribution in [2.45, 2.75) is 39.6 Å². The van der Waals surface area contributed by atoms with Crippen LogP contribution in [-0.4, -0.2) is 17.5 Å². The molecule has 12 heavy (non-hydrogen) atoms. The standard InChI is InChI=1S/C10H18O2/c1-5-4-8-6(2)10(11)12-7(3)9(5)8/h5-11H,4H2,1-3H3. The lowest BCUT2D eigenvalue weighted by atomic mass is 9.58. The smallest absolute Gasteiger partial charge is 0.157 e. The van der Waals surface area contributed by atoms with Crippen molar-refractivity contribution < 1.29 is 9.84 Å². The molecule has 0 bridgehead atoms. The maximum absolute atomic E-state index is 9.53. The molecule has 0 amide bonds. The maximum atomic E-state index is 9.53. The zero-order valence-electron chi connectivity index (χ0n) is 8.03. The van der Waals surface area contributed by atoms with Crippen LogP contribution in [0.2, 0.25) is 0 Å². The summed E-state index contributed by atoms with van der Waals surface area (Å²) in [5.41, 5.74) is 0. The summed E-state index contributed by atoms with van der Waals surface area (Å²) in [5, 5.41) is 9.53. The molecule has 0 spiro atoms. The number of aliphatic hydroxyl groups is 1. The Morgan fingerprint density at radius 1 is 1.25 bits per heavy atom. The number of rotatable bonds is 0. The van der Waals surface area contributed by atoms with Crippen LogP contribution in [0.5, 0.6) is 0 Å². The molecular weight excluding hydrogens is 152 g/mol. The first kappa shape index (κ1) is 8.52. The van der Waals surface area contributed by atoms with Gasteiger partial charge in [0.2, 0.25) is 0 Å². The van der Waals surface area contributed by atoms with Crippen LogP contribution >= 0.6 is 0 Å². The minimum absolute atomic E-state index is 0.255. The summed E-state index contributed by atoms with van der Waals surface area (Å²) in [6.07, 6.45) is 1.01. The number of aliphatic hydroxyl groups excluding tert-OH is 1. The van der Waals surface area contributed by atoms with Crippen molar-refractivity contribution in [3.05, 3.63) is 0 Å². The molecule has 0 aromatic heterocycles. The second-order valence-corrected chi connectivity index (χ2v) is 4.55. The van der Waals surface area contributed by atoms with Gasteiger partial charge in [0.1, 0.15) is 0 Å². The third-order valence-electron chi connectivity index (χ3n) is 3.82. The minimum atomic E-state index is -0.520. The van der Waals surface area contributed by atoms with Gasteiger partial charge in [0, 0.05) is 5.92 Å². The monoisotopic (exact) mass is 170 g/mol. The minimum Gasteiger partial charge on any atom is -0.368 e. The Bertz CT molecular complexity index is 181. The summed E-state index contributed by atoms with van der Waals surface area (Å²) in [4.78, 5) is 0. The highest BCUT2D eigenvalue weighted by Crippen LogP contribution is 2.51. The molecule has 2 heteroatoms. The normalized spacial score (nSPS) is 59.0. The fraction of sp³-hybridized carbons (Fsp3) is 1.00. The van der Waals surface area contributed by atoms with Crippen LogP contribution in [0.3, 0.4) is 0 Å². The molecule has 6 atom stereocenters. The van der Waals surface area contributed by atoms with Gasteiger partial charge >= 0.3 is 0 Å². The Morgan fingerprint density at radius 2 is 1.92 bits per heavy atom. The lowest BCUT2D eigenvalue weighted by molar-refractivity contribution is -0.259. The molecule has 0 aromatic rings. The Morgan fingerprint density at radius 3 is 2.50 bits per heavy atom. The first-order valence-electron chi connectivity index (χ1n) is 4.94. The van der Waals surface area contributed by atoms with Gasteiger partial charge in [-0.05, 0) is 31.1 Å². The van der Waals surface area contributed by atoms with Gasteiger partial charge in [-0.3, -0.25) is 0 Å². The zero-order chi connectivity index (χ0) is 8.88. The molecule has 1 heterocycles. The van der Waals surface area contributed by atoms with E-state index in [1.807, 2.05) is 0 Å². The van der Waals surface area contributed by atoms with Gasteiger partial charge in [0.05, 0.1) is 6.10 Å². The van der Waals surface area contributed by atoms with Gasteiger partial charge in [0.15, 0.2) is 6.29 Å². The molecule has 2 aliphatic rings. The second-order valence-electron chi connectivity index (χ2n) is 4.55. The summed E-state index contributed by atoms with van der Waals surface area (Å²) >= 11 is 0. The van der Waals surface area contributed by atoms with Gasteiger partial charge in [0.25, 0.3) is 0 Å². The molecule has 2 rings (SSSR count). The van der Waals surface area contributed by atoms with E-state index in [0.717, 1.165) is 5.92 Å². The summed E-state index contributed by atoms with van der Waals surface area (Å²) in [6, 6.07) is 0. The summed E-state index contributed by atoms with van der Waals surface area (Å²) in [6.45, 7) is 6.47. The molecule has 1 aliphatic heterocycles. The predicted molar refractivity (Wildman–Crippen MR) is 46.5 cm³/mol. The van der Waals surface area contributed by atoms with Crippen molar-refractivity contribution >= 4 is 0 Å². The second kappa shape index (κ2) is 2.71. The van der Waals surface area contributed by atoms with E-state index in [-0.39, 0.29) is 6.10 Å². The average Bonchev–Trinajstić information content (AvgIpc) is 1.96. The van der Waals surface area contributed by atoms with E-state index in [0.29, 0.717) is 17.8 Å².